The third-order valence-corrected chi connectivity index (χ3v) is 3.48. The molecule has 5 heteroatoms. The number of nitrogens with one attached hydrogen (secondary N) is 1. The standard InChI is InChI=1S/C17H23F2N3/c1-12(20-9-8-16(2,3)4)14-11-22-10-13(17(5,18)19)6-7-15(22)21-14/h6-7,10-11,20H,1,8-9H2,2-5H3. The number of halogens is 2. The minimum Gasteiger partial charge on any atom is -0.384 e. The second kappa shape index (κ2) is 5.71. The van der Waals surface area contributed by atoms with Crippen molar-refractivity contribution < 1.29 is 8.78 Å². The molecule has 3 nitrogen and oxygen atoms in total. The van der Waals surface area contributed by atoms with Crippen LogP contribution in [0, 0.1) is 5.41 Å². The van der Waals surface area contributed by atoms with E-state index in [1.165, 1.54) is 12.3 Å². The molecule has 0 amide bonds. The molecule has 0 aliphatic carbocycles. The third kappa shape index (κ3) is 4.06. The number of rotatable bonds is 5. The molecule has 0 aliphatic rings. The molecule has 2 rings (SSSR count). The minimum atomic E-state index is -2.86. The number of alkyl halides is 2. The van der Waals surface area contributed by atoms with E-state index < -0.39 is 5.92 Å². The topological polar surface area (TPSA) is 29.3 Å². The Balaban J connectivity index is 2.14. The van der Waals surface area contributed by atoms with Crippen LogP contribution in [0.15, 0.2) is 31.1 Å². The Morgan fingerprint density at radius 1 is 1.23 bits per heavy atom. The summed E-state index contributed by atoms with van der Waals surface area (Å²) >= 11 is 0. The zero-order chi connectivity index (χ0) is 16.5. The van der Waals surface area contributed by atoms with E-state index in [0.717, 1.165) is 19.9 Å². The van der Waals surface area contributed by atoms with Crippen molar-refractivity contribution in [2.75, 3.05) is 6.54 Å². The molecule has 0 spiro atoms. The second-order valence-corrected chi connectivity index (χ2v) is 6.91. The molecule has 22 heavy (non-hydrogen) atoms. The second-order valence-electron chi connectivity index (χ2n) is 6.91. The largest absolute Gasteiger partial charge is 0.384 e. The van der Waals surface area contributed by atoms with Gasteiger partial charge in [0.25, 0.3) is 5.92 Å². The van der Waals surface area contributed by atoms with Crippen molar-refractivity contribution >= 4 is 11.3 Å². The number of nitrogens with zero attached hydrogens (tertiary/aromatic N) is 2. The molecule has 0 aliphatic heterocycles. The van der Waals surface area contributed by atoms with Gasteiger partial charge < -0.3 is 9.72 Å². The van der Waals surface area contributed by atoms with E-state index in [0.29, 0.717) is 17.0 Å². The van der Waals surface area contributed by atoms with E-state index in [4.69, 9.17) is 0 Å². The summed E-state index contributed by atoms with van der Waals surface area (Å²) in [5, 5.41) is 3.24. The van der Waals surface area contributed by atoms with Crippen LogP contribution < -0.4 is 5.32 Å². The van der Waals surface area contributed by atoms with Gasteiger partial charge in [-0.2, -0.15) is 0 Å². The molecule has 120 valence electrons. The Morgan fingerprint density at radius 3 is 2.50 bits per heavy atom. The van der Waals surface area contributed by atoms with Crippen LogP contribution in [0.3, 0.4) is 0 Å². The van der Waals surface area contributed by atoms with E-state index >= 15 is 0 Å². The lowest BCUT2D eigenvalue weighted by Gasteiger charge is -2.18. The van der Waals surface area contributed by atoms with Crippen molar-refractivity contribution in [1.29, 1.82) is 0 Å². The molecule has 0 saturated heterocycles. The van der Waals surface area contributed by atoms with Crippen molar-refractivity contribution in [2.24, 2.45) is 5.41 Å². The van der Waals surface area contributed by atoms with Crippen LogP contribution in [-0.4, -0.2) is 15.9 Å². The maximum absolute atomic E-state index is 13.4. The van der Waals surface area contributed by atoms with Crippen molar-refractivity contribution in [1.82, 2.24) is 14.7 Å². The highest BCUT2D eigenvalue weighted by atomic mass is 19.3. The number of pyridine rings is 1. The van der Waals surface area contributed by atoms with E-state index in [2.05, 4.69) is 37.7 Å². The van der Waals surface area contributed by atoms with Gasteiger partial charge >= 0.3 is 0 Å². The number of fused-ring (bicyclic) bond motifs is 1. The molecule has 0 radical (unpaired) electrons. The first-order chi connectivity index (χ1) is 10.1. The highest BCUT2D eigenvalue weighted by molar-refractivity contribution is 5.61. The molecule has 0 bridgehead atoms. The fourth-order valence-corrected chi connectivity index (χ4v) is 2.08. The van der Waals surface area contributed by atoms with E-state index in [9.17, 15) is 8.78 Å². The van der Waals surface area contributed by atoms with Gasteiger partial charge in [-0.05, 0) is 24.0 Å². The summed E-state index contributed by atoms with van der Waals surface area (Å²) in [4.78, 5) is 4.41. The molecule has 0 saturated carbocycles. The molecular formula is C17H23F2N3. The highest BCUT2D eigenvalue weighted by Gasteiger charge is 2.24. The normalized spacial score (nSPS) is 12.6. The Kier molecular flexibility index (Phi) is 4.27. The fraction of sp³-hybridized carbons (Fsp3) is 0.471. The predicted octanol–water partition coefficient (Wildman–Crippen LogP) is 4.44. The van der Waals surface area contributed by atoms with Gasteiger partial charge in [0.2, 0.25) is 0 Å². The average Bonchev–Trinajstić information content (AvgIpc) is 2.78. The summed E-state index contributed by atoms with van der Waals surface area (Å²) in [5.74, 6) is -2.86. The maximum atomic E-state index is 13.4. The molecule has 0 aromatic carbocycles. The minimum absolute atomic E-state index is 0.0322. The quantitative estimate of drug-likeness (QED) is 0.884. The van der Waals surface area contributed by atoms with Gasteiger partial charge in [0.15, 0.2) is 0 Å². The lowest BCUT2D eigenvalue weighted by Crippen LogP contribution is -2.19. The Hall–Kier alpha value is -1.91. The number of aromatic nitrogens is 2. The lowest BCUT2D eigenvalue weighted by molar-refractivity contribution is 0.0170. The summed E-state index contributed by atoms with van der Waals surface area (Å²) < 4.78 is 28.3. The molecule has 0 fully saturated rings. The number of imidazole rings is 1. The molecule has 0 atom stereocenters. The summed E-state index contributed by atoms with van der Waals surface area (Å²) in [6.07, 6.45) is 4.14. The summed E-state index contributed by atoms with van der Waals surface area (Å²) in [5.41, 5.74) is 2.22. The predicted molar refractivity (Wildman–Crippen MR) is 85.9 cm³/mol. The van der Waals surface area contributed by atoms with Gasteiger partial charge in [0, 0.05) is 31.4 Å². The first-order valence-corrected chi connectivity index (χ1v) is 7.36. The van der Waals surface area contributed by atoms with E-state index in [1.807, 2.05) is 0 Å². The van der Waals surface area contributed by atoms with Crippen LogP contribution >= 0.6 is 0 Å². The maximum Gasteiger partial charge on any atom is 0.271 e. The molecule has 2 heterocycles. The van der Waals surface area contributed by atoms with Gasteiger partial charge in [0.1, 0.15) is 11.3 Å². The van der Waals surface area contributed by atoms with Crippen LogP contribution in [0.1, 0.15) is 45.4 Å². The van der Waals surface area contributed by atoms with Crippen LogP contribution in [0.2, 0.25) is 0 Å². The van der Waals surface area contributed by atoms with E-state index in [-0.39, 0.29) is 11.0 Å². The molecule has 2 aromatic rings. The highest BCUT2D eigenvalue weighted by Crippen LogP contribution is 2.27. The smallest absolute Gasteiger partial charge is 0.271 e. The van der Waals surface area contributed by atoms with Crippen LogP contribution in [0.25, 0.3) is 11.3 Å². The zero-order valence-corrected chi connectivity index (χ0v) is 13.6. The Morgan fingerprint density at radius 2 is 1.91 bits per heavy atom. The van der Waals surface area contributed by atoms with Crippen molar-refractivity contribution in [3.63, 3.8) is 0 Å². The zero-order valence-electron chi connectivity index (χ0n) is 13.6. The van der Waals surface area contributed by atoms with Gasteiger partial charge in [-0.25, -0.2) is 13.8 Å². The van der Waals surface area contributed by atoms with Gasteiger partial charge in [-0.1, -0.05) is 27.4 Å². The van der Waals surface area contributed by atoms with Crippen molar-refractivity contribution in [3.05, 3.63) is 42.4 Å². The number of hydrogen-bond acceptors (Lipinski definition) is 2. The van der Waals surface area contributed by atoms with E-state index in [1.54, 1.807) is 16.7 Å². The lowest BCUT2D eigenvalue weighted by atomic mass is 9.92. The van der Waals surface area contributed by atoms with Gasteiger partial charge in [-0.3, -0.25) is 0 Å². The SMILES string of the molecule is C=C(NCCC(C)(C)C)c1cn2cc(C(C)(F)F)ccc2n1. The van der Waals surface area contributed by atoms with Crippen LogP contribution in [0.5, 0.6) is 0 Å². The van der Waals surface area contributed by atoms with Crippen LogP contribution in [0.4, 0.5) is 8.78 Å². The van der Waals surface area contributed by atoms with Gasteiger partial charge in [-0.15, -0.1) is 0 Å². The molecule has 0 unspecified atom stereocenters. The van der Waals surface area contributed by atoms with Crippen LogP contribution in [-0.2, 0) is 5.92 Å². The van der Waals surface area contributed by atoms with Crippen molar-refractivity contribution in [3.8, 4) is 0 Å². The third-order valence-electron chi connectivity index (χ3n) is 3.48. The monoisotopic (exact) mass is 307 g/mol. The number of hydrogen-bond donors (Lipinski definition) is 1. The van der Waals surface area contributed by atoms with Crippen molar-refractivity contribution in [2.45, 2.75) is 40.0 Å². The average molecular weight is 307 g/mol. The Labute approximate surface area is 130 Å². The first kappa shape index (κ1) is 16.5. The summed E-state index contributed by atoms with van der Waals surface area (Å²) in [6, 6.07) is 3.00. The van der Waals surface area contributed by atoms with Gasteiger partial charge in [0.05, 0.1) is 5.70 Å². The molecule has 1 N–H and O–H groups in total. The molecular weight excluding hydrogens is 284 g/mol. The summed E-state index contributed by atoms with van der Waals surface area (Å²) in [6.45, 7) is 12.2. The first-order valence-electron chi connectivity index (χ1n) is 7.36. The Bertz CT molecular complexity index is 675. The molecule has 2 aromatic heterocycles. The summed E-state index contributed by atoms with van der Waals surface area (Å²) in [7, 11) is 0. The fourth-order valence-electron chi connectivity index (χ4n) is 2.08.